The maximum atomic E-state index is 12.6. The lowest BCUT2D eigenvalue weighted by Crippen LogP contribution is -2.36. The Labute approximate surface area is 200 Å². The van der Waals surface area contributed by atoms with Gasteiger partial charge in [-0.2, -0.15) is 0 Å². The summed E-state index contributed by atoms with van der Waals surface area (Å²) in [5, 5.41) is 13.5. The van der Waals surface area contributed by atoms with E-state index in [0.717, 1.165) is 12.0 Å². The molecule has 0 unspecified atom stereocenters. The van der Waals surface area contributed by atoms with Crippen LogP contribution in [0.2, 0.25) is 0 Å². The van der Waals surface area contributed by atoms with Crippen LogP contribution in [0.1, 0.15) is 16.7 Å². The number of rotatable bonds is 10. The number of hydrogen-bond donors (Lipinski definition) is 1. The summed E-state index contributed by atoms with van der Waals surface area (Å²) in [6.07, 6.45) is 3.51. The quantitative estimate of drug-likeness (QED) is 0.137. The van der Waals surface area contributed by atoms with Crippen molar-refractivity contribution in [2.75, 3.05) is 20.8 Å². The molecule has 1 saturated heterocycles. The summed E-state index contributed by atoms with van der Waals surface area (Å²) in [7, 11) is 2.61. The topological polar surface area (TPSA) is 137 Å². The van der Waals surface area contributed by atoms with Crippen LogP contribution in [0.25, 0.3) is 6.08 Å². The monoisotopic (exact) mass is 481 g/mol. The van der Waals surface area contributed by atoms with Crippen molar-refractivity contribution in [2.24, 2.45) is 0 Å². The predicted molar refractivity (Wildman–Crippen MR) is 125 cm³/mol. The summed E-state index contributed by atoms with van der Waals surface area (Å²) in [4.78, 5) is 47.5. The van der Waals surface area contributed by atoms with Crippen LogP contribution < -0.4 is 14.8 Å². The second kappa shape index (κ2) is 11.0. The van der Waals surface area contributed by atoms with Gasteiger partial charge in [-0.15, -0.1) is 6.58 Å². The minimum absolute atomic E-state index is 0.0178. The van der Waals surface area contributed by atoms with E-state index in [9.17, 15) is 24.5 Å². The Bertz CT molecular complexity index is 1220. The Hall–Kier alpha value is -4.67. The van der Waals surface area contributed by atoms with Gasteiger partial charge in [0, 0.05) is 17.7 Å². The zero-order valence-corrected chi connectivity index (χ0v) is 19.1. The number of benzene rings is 2. The number of non-ortho nitro benzene ring substituents is 1. The van der Waals surface area contributed by atoms with Crippen molar-refractivity contribution in [1.29, 1.82) is 0 Å². The molecule has 2 aromatic carbocycles. The molecule has 0 bridgehead atoms. The third-order valence-electron chi connectivity index (χ3n) is 5.03. The number of nitrogens with one attached hydrogen (secondary N) is 1. The second-order valence-electron chi connectivity index (χ2n) is 7.38. The average Bonchev–Trinajstić information content (AvgIpc) is 3.10. The molecule has 1 heterocycles. The number of ether oxygens (including phenoxy) is 3. The number of nitrogens with zero attached hydrogens (tertiary/aromatic N) is 2. The number of urea groups is 1. The standard InChI is InChI=1S/C24H23N3O8/c1-4-6-17-9-16(11-19-23(29)26(24(30)25-19)13-21(28)34-3)12-20(33-2)22(17)35-14-15-7-5-8-18(10-15)27(31)32/h4-5,7-12H,1,6,13-14H2,2-3H3,(H,25,30)/b19-11+. The SMILES string of the molecule is C=CCc1cc(/C=C2/NC(=O)N(CC(=O)OC)C2=O)cc(OC)c1OCc1cccc([N+](=O)[O-])c1. The number of esters is 1. The van der Waals surface area contributed by atoms with Crippen molar-refractivity contribution in [2.45, 2.75) is 13.0 Å². The maximum Gasteiger partial charge on any atom is 0.329 e. The molecule has 11 heteroatoms. The van der Waals surface area contributed by atoms with Gasteiger partial charge in [-0.25, -0.2) is 9.69 Å². The lowest BCUT2D eigenvalue weighted by molar-refractivity contribution is -0.384. The van der Waals surface area contributed by atoms with Crippen LogP contribution in [0.4, 0.5) is 10.5 Å². The first-order valence-corrected chi connectivity index (χ1v) is 10.4. The first kappa shape index (κ1) is 25.0. The fraction of sp³-hybridized carbons (Fsp3) is 0.208. The first-order valence-electron chi connectivity index (χ1n) is 10.4. The Morgan fingerprint density at radius 1 is 1.23 bits per heavy atom. The fourth-order valence-corrected chi connectivity index (χ4v) is 3.38. The normalized spacial score (nSPS) is 14.0. The van der Waals surface area contributed by atoms with Crippen LogP contribution in [0.15, 0.2) is 54.8 Å². The molecule has 1 aliphatic rings. The van der Waals surface area contributed by atoms with Gasteiger partial charge in [0.05, 0.1) is 19.1 Å². The van der Waals surface area contributed by atoms with Gasteiger partial charge in [0.1, 0.15) is 18.8 Å². The zero-order valence-electron chi connectivity index (χ0n) is 19.1. The van der Waals surface area contributed by atoms with Crippen molar-refractivity contribution in [3.8, 4) is 11.5 Å². The van der Waals surface area contributed by atoms with Crippen molar-refractivity contribution in [3.63, 3.8) is 0 Å². The largest absolute Gasteiger partial charge is 0.493 e. The third-order valence-corrected chi connectivity index (χ3v) is 5.03. The Balaban J connectivity index is 1.90. The molecule has 182 valence electrons. The highest BCUT2D eigenvalue weighted by Gasteiger charge is 2.35. The molecule has 35 heavy (non-hydrogen) atoms. The van der Waals surface area contributed by atoms with Crippen molar-refractivity contribution < 1.29 is 33.5 Å². The number of methoxy groups -OCH3 is 2. The van der Waals surface area contributed by atoms with Crippen LogP contribution in [0, 0.1) is 10.1 Å². The van der Waals surface area contributed by atoms with Gasteiger partial charge in [0.15, 0.2) is 11.5 Å². The van der Waals surface area contributed by atoms with E-state index in [1.165, 1.54) is 25.3 Å². The average molecular weight is 481 g/mol. The molecule has 1 fully saturated rings. The molecular weight excluding hydrogens is 458 g/mol. The summed E-state index contributed by atoms with van der Waals surface area (Å²) in [6, 6.07) is 8.72. The molecule has 3 amide bonds. The van der Waals surface area contributed by atoms with Gasteiger partial charge in [-0.05, 0) is 35.8 Å². The van der Waals surface area contributed by atoms with Gasteiger partial charge in [0.25, 0.3) is 11.6 Å². The van der Waals surface area contributed by atoms with Crippen LogP contribution in [-0.2, 0) is 27.4 Å². The zero-order chi connectivity index (χ0) is 25.5. The minimum atomic E-state index is -0.734. The molecular formula is C24H23N3O8. The smallest absolute Gasteiger partial charge is 0.329 e. The number of carbonyl (C=O) groups is 3. The highest BCUT2D eigenvalue weighted by atomic mass is 16.6. The highest BCUT2D eigenvalue weighted by molar-refractivity contribution is 6.15. The van der Waals surface area contributed by atoms with Gasteiger partial charge in [-0.1, -0.05) is 18.2 Å². The maximum absolute atomic E-state index is 12.6. The lowest BCUT2D eigenvalue weighted by Gasteiger charge is -2.16. The van der Waals surface area contributed by atoms with Gasteiger partial charge in [-0.3, -0.25) is 19.7 Å². The van der Waals surface area contributed by atoms with Gasteiger partial charge < -0.3 is 19.5 Å². The lowest BCUT2D eigenvalue weighted by atomic mass is 10.0. The molecule has 0 aromatic heterocycles. The summed E-state index contributed by atoms with van der Waals surface area (Å²) in [5.41, 5.74) is 1.75. The number of allylic oxidation sites excluding steroid dienone is 1. The molecule has 0 aliphatic carbocycles. The molecule has 2 aromatic rings. The van der Waals surface area contributed by atoms with Crippen molar-refractivity contribution >= 4 is 29.7 Å². The molecule has 0 atom stereocenters. The van der Waals surface area contributed by atoms with E-state index >= 15 is 0 Å². The summed E-state index contributed by atoms with van der Waals surface area (Å²) in [6.45, 7) is 3.30. The Kier molecular flexibility index (Phi) is 7.82. The predicted octanol–water partition coefficient (Wildman–Crippen LogP) is 2.98. The van der Waals surface area contributed by atoms with Crippen LogP contribution in [0.3, 0.4) is 0 Å². The van der Waals surface area contributed by atoms with E-state index in [4.69, 9.17) is 9.47 Å². The number of hydrogen-bond acceptors (Lipinski definition) is 8. The van der Waals surface area contributed by atoms with Crippen LogP contribution >= 0.6 is 0 Å². The van der Waals surface area contributed by atoms with Crippen LogP contribution in [0.5, 0.6) is 11.5 Å². The molecule has 1 aliphatic heterocycles. The van der Waals surface area contributed by atoms with E-state index in [0.29, 0.717) is 34.6 Å². The Morgan fingerprint density at radius 2 is 2.00 bits per heavy atom. The molecule has 0 spiro atoms. The fourth-order valence-electron chi connectivity index (χ4n) is 3.38. The van der Waals surface area contributed by atoms with E-state index < -0.39 is 29.4 Å². The molecule has 0 saturated carbocycles. The number of amides is 3. The van der Waals surface area contributed by atoms with E-state index in [2.05, 4.69) is 16.6 Å². The van der Waals surface area contributed by atoms with Crippen LogP contribution in [-0.4, -0.2) is 48.5 Å². The number of imide groups is 1. The number of nitro groups is 1. The molecule has 1 N–H and O–H groups in total. The highest BCUT2D eigenvalue weighted by Crippen LogP contribution is 2.35. The first-order chi connectivity index (χ1) is 16.8. The van der Waals surface area contributed by atoms with E-state index in [1.54, 1.807) is 30.3 Å². The number of nitro benzene ring substituents is 1. The van der Waals surface area contributed by atoms with Gasteiger partial charge in [0.2, 0.25) is 0 Å². The molecule has 11 nitrogen and oxygen atoms in total. The minimum Gasteiger partial charge on any atom is -0.493 e. The van der Waals surface area contributed by atoms with E-state index in [1.807, 2.05) is 0 Å². The van der Waals surface area contributed by atoms with E-state index in [-0.39, 0.29) is 18.0 Å². The summed E-state index contributed by atoms with van der Waals surface area (Å²) >= 11 is 0. The van der Waals surface area contributed by atoms with Gasteiger partial charge >= 0.3 is 12.0 Å². The Morgan fingerprint density at radius 3 is 2.66 bits per heavy atom. The second-order valence-corrected chi connectivity index (χ2v) is 7.38. The molecule has 3 rings (SSSR count). The summed E-state index contributed by atoms with van der Waals surface area (Å²) in [5.74, 6) is -0.634. The molecule has 0 radical (unpaired) electrons. The summed E-state index contributed by atoms with van der Waals surface area (Å²) < 4.78 is 16.0. The number of carbonyl (C=O) groups excluding carboxylic acids is 3. The van der Waals surface area contributed by atoms with Crippen molar-refractivity contribution in [3.05, 3.63) is 81.6 Å². The van der Waals surface area contributed by atoms with Crippen molar-refractivity contribution in [1.82, 2.24) is 10.2 Å². The third kappa shape index (κ3) is 5.82.